The third-order valence-electron chi connectivity index (χ3n) is 1.62. The highest BCUT2D eigenvalue weighted by atomic mass is 28.3. The lowest BCUT2D eigenvalue weighted by Gasteiger charge is -2.03. The Labute approximate surface area is 86.8 Å². The first-order valence-corrected chi connectivity index (χ1v) is 8.22. The molecule has 0 N–H and O–H groups in total. The highest BCUT2D eigenvalue weighted by Gasteiger charge is 2.08. The minimum atomic E-state index is -1.31. The first-order chi connectivity index (χ1) is 6.38. The van der Waals surface area contributed by atoms with Crippen LogP contribution in [0.4, 0.5) is 0 Å². The minimum absolute atomic E-state index is 0.818. The maximum Gasteiger partial charge on any atom is 0.133 e. The molecule has 0 unspecified atom stereocenters. The van der Waals surface area contributed by atoms with E-state index in [9.17, 15) is 0 Å². The molecule has 1 aromatic heterocycles. The van der Waals surface area contributed by atoms with E-state index < -0.39 is 8.07 Å². The van der Waals surface area contributed by atoms with Crippen molar-refractivity contribution in [2.45, 2.75) is 33.5 Å². The zero-order chi connectivity index (χ0) is 10.8. The van der Waals surface area contributed by atoms with E-state index in [1.54, 1.807) is 6.20 Å². The summed E-state index contributed by atoms with van der Waals surface area (Å²) in [7, 11) is -1.31. The molecule has 0 saturated heterocycles. The SMILES string of the molecule is Cc1cnc(C#C[Si](C)(C)C)c(C)n1. The molecule has 0 aliphatic carbocycles. The molecule has 0 aliphatic heterocycles. The Morgan fingerprint density at radius 2 is 1.86 bits per heavy atom. The first kappa shape index (κ1) is 10.9. The maximum absolute atomic E-state index is 4.32. The fraction of sp³-hybridized carbons (Fsp3) is 0.455. The summed E-state index contributed by atoms with van der Waals surface area (Å²) in [6, 6.07) is 0. The smallest absolute Gasteiger partial charge is 0.133 e. The standard InChI is InChI=1S/C11H16N2Si/c1-9-8-12-11(10(2)13-9)6-7-14(3,4)5/h8H,1-5H3. The van der Waals surface area contributed by atoms with E-state index in [2.05, 4.69) is 41.1 Å². The average Bonchev–Trinajstić information content (AvgIpc) is 2.00. The summed E-state index contributed by atoms with van der Waals surface area (Å²) in [5.41, 5.74) is 5.97. The number of hydrogen-bond donors (Lipinski definition) is 0. The molecule has 0 radical (unpaired) electrons. The first-order valence-electron chi connectivity index (χ1n) is 4.72. The number of aryl methyl sites for hydroxylation is 2. The van der Waals surface area contributed by atoms with Crippen LogP contribution in [0, 0.1) is 25.3 Å². The van der Waals surface area contributed by atoms with Crippen molar-refractivity contribution in [1.82, 2.24) is 9.97 Å². The van der Waals surface area contributed by atoms with Crippen molar-refractivity contribution < 1.29 is 0 Å². The van der Waals surface area contributed by atoms with Crippen LogP contribution in [0.1, 0.15) is 17.1 Å². The van der Waals surface area contributed by atoms with Gasteiger partial charge in [0.05, 0.1) is 11.4 Å². The van der Waals surface area contributed by atoms with Gasteiger partial charge >= 0.3 is 0 Å². The van der Waals surface area contributed by atoms with Crippen LogP contribution in [-0.2, 0) is 0 Å². The number of rotatable bonds is 0. The van der Waals surface area contributed by atoms with E-state index in [-0.39, 0.29) is 0 Å². The van der Waals surface area contributed by atoms with Crippen LogP contribution in [0.5, 0.6) is 0 Å². The van der Waals surface area contributed by atoms with E-state index in [1.165, 1.54) is 0 Å². The van der Waals surface area contributed by atoms with Gasteiger partial charge in [-0.2, -0.15) is 0 Å². The van der Waals surface area contributed by atoms with Crippen LogP contribution in [0.15, 0.2) is 6.20 Å². The fourth-order valence-corrected chi connectivity index (χ4v) is 1.46. The molecule has 3 heteroatoms. The molecule has 74 valence electrons. The van der Waals surface area contributed by atoms with Crippen molar-refractivity contribution in [1.29, 1.82) is 0 Å². The predicted octanol–water partition coefficient (Wildman–Crippen LogP) is 2.32. The number of nitrogens with zero attached hydrogens (tertiary/aromatic N) is 2. The molecule has 0 spiro atoms. The van der Waals surface area contributed by atoms with Crippen molar-refractivity contribution in [2.75, 3.05) is 0 Å². The molecule has 0 atom stereocenters. The summed E-state index contributed by atoms with van der Waals surface area (Å²) in [6.07, 6.45) is 1.77. The Morgan fingerprint density at radius 1 is 1.21 bits per heavy atom. The summed E-state index contributed by atoms with van der Waals surface area (Å²) >= 11 is 0. The van der Waals surface area contributed by atoms with Gasteiger partial charge in [0, 0.05) is 6.20 Å². The van der Waals surface area contributed by atoms with Crippen molar-refractivity contribution in [3.63, 3.8) is 0 Å². The Hall–Kier alpha value is -1.14. The summed E-state index contributed by atoms with van der Waals surface area (Å²) in [4.78, 5) is 8.59. The summed E-state index contributed by atoms with van der Waals surface area (Å²) < 4.78 is 0. The lowest BCUT2D eigenvalue weighted by molar-refractivity contribution is 1.04. The third kappa shape index (κ3) is 3.31. The molecule has 14 heavy (non-hydrogen) atoms. The van der Waals surface area contributed by atoms with E-state index in [1.807, 2.05) is 13.8 Å². The molecule has 0 saturated carbocycles. The van der Waals surface area contributed by atoms with Gasteiger partial charge in [0.25, 0.3) is 0 Å². The molecule has 0 bridgehead atoms. The van der Waals surface area contributed by atoms with Crippen LogP contribution in [0.3, 0.4) is 0 Å². The van der Waals surface area contributed by atoms with Crippen molar-refractivity contribution in [3.05, 3.63) is 23.3 Å². The second kappa shape index (κ2) is 3.93. The van der Waals surface area contributed by atoms with Gasteiger partial charge in [0.15, 0.2) is 0 Å². The van der Waals surface area contributed by atoms with Gasteiger partial charge in [-0.3, -0.25) is 4.98 Å². The Kier molecular flexibility index (Phi) is 3.07. The second-order valence-electron chi connectivity index (χ2n) is 4.45. The summed E-state index contributed by atoms with van der Waals surface area (Å²) in [5, 5.41) is 0. The summed E-state index contributed by atoms with van der Waals surface area (Å²) in [6.45, 7) is 10.6. The monoisotopic (exact) mass is 204 g/mol. The highest BCUT2D eigenvalue weighted by Crippen LogP contribution is 2.02. The molecule has 0 aliphatic rings. The van der Waals surface area contributed by atoms with E-state index in [0.717, 1.165) is 17.1 Å². The van der Waals surface area contributed by atoms with Crippen molar-refractivity contribution in [2.24, 2.45) is 0 Å². The Bertz CT molecular complexity index is 394. The van der Waals surface area contributed by atoms with Crippen LogP contribution in [-0.4, -0.2) is 18.0 Å². The molecule has 0 aromatic carbocycles. The van der Waals surface area contributed by atoms with Gasteiger partial charge in [-0.05, 0) is 13.8 Å². The summed E-state index contributed by atoms with van der Waals surface area (Å²) in [5.74, 6) is 3.12. The molecular formula is C11H16N2Si. The topological polar surface area (TPSA) is 25.8 Å². The zero-order valence-electron chi connectivity index (χ0n) is 9.47. The molecule has 1 rings (SSSR count). The maximum atomic E-state index is 4.32. The molecule has 0 amide bonds. The van der Waals surface area contributed by atoms with E-state index in [0.29, 0.717) is 0 Å². The number of hydrogen-bond acceptors (Lipinski definition) is 2. The minimum Gasteiger partial charge on any atom is -0.254 e. The van der Waals surface area contributed by atoms with Crippen LogP contribution < -0.4 is 0 Å². The van der Waals surface area contributed by atoms with Crippen LogP contribution >= 0.6 is 0 Å². The largest absolute Gasteiger partial charge is 0.254 e. The van der Waals surface area contributed by atoms with Crippen LogP contribution in [0.25, 0.3) is 0 Å². The molecule has 1 heterocycles. The molecule has 1 aromatic rings. The van der Waals surface area contributed by atoms with Gasteiger partial charge in [-0.15, -0.1) is 5.54 Å². The molecule has 0 fully saturated rings. The highest BCUT2D eigenvalue weighted by molar-refractivity contribution is 6.83. The van der Waals surface area contributed by atoms with Gasteiger partial charge in [-0.25, -0.2) is 4.98 Å². The molecule has 2 nitrogen and oxygen atoms in total. The fourth-order valence-electron chi connectivity index (χ4n) is 0.967. The van der Waals surface area contributed by atoms with E-state index in [4.69, 9.17) is 0 Å². The lowest BCUT2D eigenvalue weighted by Crippen LogP contribution is -2.16. The predicted molar refractivity (Wildman–Crippen MR) is 61.7 cm³/mol. The molecular weight excluding hydrogens is 188 g/mol. The van der Waals surface area contributed by atoms with Gasteiger partial charge in [0.1, 0.15) is 13.8 Å². The second-order valence-corrected chi connectivity index (χ2v) is 9.20. The van der Waals surface area contributed by atoms with Crippen molar-refractivity contribution >= 4 is 8.07 Å². The lowest BCUT2D eigenvalue weighted by atomic mass is 10.3. The van der Waals surface area contributed by atoms with Crippen LogP contribution in [0.2, 0.25) is 19.6 Å². The van der Waals surface area contributed by atoms with Crippen molar-refractivity contribution in [3.8, 4) is 11.5 Å². The van der Waals surface area contributed by atoms with E-state index >= 15 is 0 Å². The number of aromatic nitrogens is 2. The average molecular weight is 204 g/mol. The third-order valence-corrected chi connectivity index (χ3v) is 2.50. The Balaban J connectivity index is 3.02. The Morgan fingerprint density at radius 3 is 2.36 bits per heavy atom. The van der Waals surface area contributed by atoms with Gasteiger partial charge < -0.3 is 0 Å². The normalized spacial score (nSPS) is 10.6. The van der Waals surface area contributed by atoms with Gasteiger partial charge in [-0.1, -0.05) is 25.6 Å². The van der Waals surface area contributed by atoms with Gasteiger partial charge in [0.2, 0.25) is 0 Å². The quantitative estimate of drug-likeness (QED) is 0.479. The zero-order valence-corrected chi connectivity index (χ0v) is 10.5.